The van der Waals surface area contributed by atoms with E-state index in [0.717, 1.165) is 17.5 Å². The van der Waals surface area contributed by atoms with Crippen molar-refractivity contribution in [2.45, 2.75) is 45.3 Å². The van der Waals surface area contributed by atoms with Gasteiger partial charge >= 0.3 is 0 Å². The van der Waals surface area contributed by atoms with Gasteiger partial charge < -0.3 is 10.2 Å². The van der Waals surface area contributed by atoms with E-state index in [-0.39, 0.29) is 52.2 Å². The average Bonchev–Trinajstić information content (AvgIpc) is 3.41. The molecule has 4 heterocycles. The predicted octanol–water partition coefficient (Wildman–Crippen LogP) is 3.93. The summed E-state index contributed by atoms with van der Waals surface area (Å²) < 4.78 is 15.1. The smallest absolute Gasteiger partial charge is 0.248 e. The minimum Gasteiger partial charge on any atom is -0.326 e. The summed E-state index contributed by atoms with van der Waals surface area (Å²) in [7, 11) is 0. The van der Waals surface area contributed by atoms with E-state index in [9.17, 15) is 18.8 Å². The Morgan fingerprint density at radius 3 is 2.59 bits per heavy atom. The summed E-state index contributed by atoms with van der Waals surface area (Å²) in [5.74, 6) is -0.279. The molecule has 12 heteroatoms. The highest BCUT2D eigenvalue weighted by molar-refractivity contribution is 9.10. The molecule has 2 fully saturated rings. The standard InChI is InChI=1S/C27H23BrFN7O3/c1-13(37)25-18-7-15(17-10-30-14(2)31-11-17)3-5-20(18)35(34-25)12-24(38)36-21-8-16(21)9-22(36)27(39)33-23-6-4-19(29)26(28)32-23/h3-7,10-11,16,21-22H,8-9,12H2,1-2H3,(H,32,33,39)/t16-,21-,22+/m1/s1. The van der Waals surface area contributed by atoms with Crippen LogP contribution in [-0.4, -0.2) is 59.3 Å². The van der Waals surface area contributed by atoms with Gasteiger partial charge in [-0.3, -0.25) is 19.1 Å². The van der Waals surface area contributed by atoms with Gasteiger partial charge in [0.05, 0.1) is 5.52 Å². The van der Waals surface area contributed by atoms with Gasteiger partial charge in [-0.05, 0) is 71.4 Å². The number of anilines is 1. The lowest BCUT2D eigenvalue weighted by molar-refractivity contribution is -0.138. The monoisotopic (exact) mass is 591 g/mol. The highest BCUT2D eigenvalue weighted by Gasteiger charge is 2.56. The molecule has 1 aromatic carbocycles. The molecule has 2 amide bonds. The molecule has 1 aliphatic carbocycles. The molecule has 6 rings (SSSR count). The van der Waals surface area contributed by atoms with Crippen molar-refractivity contribution in [2.24, 2.45) is 5.92 Å². The van der Waals surface area contributed by atoms with Crippen molar-refractivity contribution in [1.82, 2.24) is 29.6 Å². The van der Waals surface area contributed by atoms with Crippen molar-refractivity contribution in [3.05, 3.63) is 64.7 Å². The van der Waals surface area contributed by atoms with Crippen LogP contribution in [-0.2, 0) is 16.1 Å². The second kappa shape index (κ2) is 9.60. The summed E-state index contributed by atoms with van der Waals surface area (Å²) in [6, 6.07) is 7.44. The van der Waals surface area contributed by atoms with Crippen molar-refractivity contribution in [3.8, 4) is 11.1 Å². The first-order valence-corrected chi connectivity index (χ1v) is 13.2. The van der Waals surface area contributed by atoms with Crippen molar-refractivity contribution in [1.29, 1.82) is 0 Å². The fraction of sp³-hybridized carbons (Fsp3) is 0.296. The van der Waals surface area contributed by atoms with Gasteiger partial charge in [0.1, 0.15) is 34.5 Å². The largest absolute Gasteiger partial charge is 0.326 e. The number of likely N-dealkylation sites (tertiary alicyclic amines) is 1. The Morgan fingerprint density at radius 1 is 1.10 bits per heavy atom. The van der Waals surface area contributed by atoms with Gasteiger partial charge in [-0.1, -0.05) is 6.07 Å². The van der Waals surface area contributed by atoms with Gasteiger partial charge in [-0.15, -0.1) is 0 Å². The molecule has 39 heavy (non-hydrogen) atoms. The molecule has 1 aliphatic heterocycles. The molecule has 3 aromatic heterocycles. The maximum atomic E-state index is 13.6. The topological polar surface area (TPSA) is 123 Å². The van der Waals surface area contributed by atoms with Crippen LogP contribution in [0, 0.1) is 18.7 Å². The van der Waals surface area contributed by atoms with Crippen LogP contribution >= 0.6 is 15.9 Å². The number of nitrogens with zero attached hydrogens (tertiary/aromatic N) is 6. The second-order valence-electron chi connectivity index (χ2n) is 9.89. The Morgan fingerprint density at radius 2 is 1.87 bits per heavy atom. The Labute approximate surface area is 230 Å². The molecule has 198 valence electrons. The van der Waals surface area contributed by atoms with E-state index in [1.165, 1.54) is 23.7 Å². The molecular weight excluding hydrogens is 569 g/mol. The van der Waals surface area contributed by atoms with E-state index in [0.29, 0.717) is 23.1 Å². The van der Waals surface area contributed by atoms with Crippen LogP contribution in [0.4, 0.5) is 10.2 Å². The number of amides is 2. The van der Waals surface area contributed by atoms with E-state index in [1.54, 1.807) is 24.2 Å². The SMILES string of the molecule is CC(=O)c1nn(CC(=O)N2[C@@H]3C[C@@H]3C[C@H]2C(=O)Nc2ccc(F)c(Br)n2)c2ccc(-c3cnc(C)nc3)cc12. The summed E-state index contributed by atoms with van der Waals surface area (Å²) in [5.41, 5.74) is 2.53. The molecular formula is C27H23BrFN7O3. The number of Topliss-reactive ketones (excluding diaryl/α,β-unsaturated/α-hetero) is 1. The molecule has 0 bridgehead atoms. The van der Waals surface area contributed by atoms with Crippen LogP contribution in [0.1, 0.15) is 36.1 Å². The van der Waals surface area contributed by atoms with Crippen LogP contribution in [0.2, 0.25) is 0 Å². The first-order valence-electron chi connectivity index (χ1n) is 12.4. The van der Waals surface area contributed by atoms with Crippen LogP contribution in [0.5, 0.6) is 0 Å². The van der Waals surface area contributed by atoms with Crippen molar-refractivity contribution in [3.63, 3.8) is 0 Å². The third-order valence-electron chi connectivity index (χ3n) is 7.23. The second-order valence-corrected chi connectivity index (χ2v) is 10.6. The maximum Gasteiger partial charge on any atom is 0.248 e. The van der Waals surface area contributed by atoms with Gasteiger partial charge in [-0.2, -0.15) is 5.10 Å². The minimum atomic E-state index is -0.672. The molecule has 1 saturated heterocycles. The van der Waals surface area contributed by atoms with E-state index < -0.39 is 11.9 Å². The lowest BCUT2D eigenvalue weighted by Crippen LogP contribution is -2.46. The van der Waals surface area contributed by atoms with E-state index >= 15 is 0 Å². The van der Waals surface area contributed by atoms with Gasteiger partial charge in [-0.25, -0.2) is 19.3 Å². The Kier molecular flexibility index (Phi) is 6.21. The molecule has 10 nitrogen and oxygen atoms in total. The zero-order valence-electron chi connectivity index (χ0n) is 21.1. The lowest BCUT2D eigenvalue weighted by atomic mass is 10.0. The molecule has 1 saturated carbocycles. The Hall–Kier alpha value is -4.06. The number of hydrogen-bond acceptors (Lipinski definition) is 7. The summed E-state index contributed by atoms with van der Waals surface area (Å²) in [6.07, 6.45) is 4.83. The number of halogens is 2. The highest BCUT2D eigenvalue weighted by atomic mass is 79.9. The highest BCUT2D eigenvalue weighted by Crippen LogP contribution is 2.48. The van der Waals surface area contributed by atoms with Gasteiger partial charge in [0.15, 0.2) is 11.6 Å². The first-order chi connectivity index (χ1) is 18.7. The number of carbonyl (C=O) groups is 3. The number of pyridine rings is 1. The number of nitrogens with one attached hydrogen (secondary N) is 1. The summed E-state index contributed by atoms with van der Waals surface area (Å²) >= 11 is 3.02. The number of aromatic nitrogens is 5. The zero-order chi connectivity index (χ0) is 27.4. The van der Waals surface area contributed by atoms with Crippen molar-refractivity contribution < 1.29 is 18.8 Å². The zero-order valence-corrected chi connectivity index (χ0v) is 22.6. The lowest BCUT2D eigenvalue weighted by Gasteiger charge is -2.26. The predicted molar refractivity (Wildman–Crippen MR) is 143 cm³/mol. The summed E-state index contributed by atoms with van der Waals surface area (Å²) in [5, 5.41) is 7.80. The van der Waals surface area contributed by atoms with Gasteiger partial charge in [0.2, 0.25) is 11.8 Å². The van der Waals surface area contributed by atoms with Gasteiger partial charge in [0.25, 0.3) is 0 Å². The fourth-order valence-corrected chi connectivity index (χ4v) is 5.56. The number of piperidine rings is 1. The van der Waals surface area contributed by atoms with Crippen LogP contribution in [0.15, 0.2) is 47.3 Å². The van der Waals surface area contributed by atoms with E-state index in [2.05, 4.69) is 41.3 Å². The first kappa shape index (κ1) is 25.2. The molecule has 2 aliphatic rings. The number of aryl methyl sites for hydroxylation is 1. The minimum absolute atomic E-state index is 0.00704. The third-order valence-corrected chi connectivity index (χ3v) is 7.79. The Bertz CT molecular complexity index is 1660. The summed E-state index contributed by atoms with van der Waals surface area (Å²) in [6.45, 7) is 3.12. The molecule has 0 radical (unpaired) electrons. The molecule has 0 unspecified atom stereocenters. The Balaban J connectivity index is 1.26. The fourth-order valence-electron chi connectivity index (χ4n) is 5.24. The number of ketones is 1. The number of benzene rings is 1. The quantitative estimate of drug-likeness (QED) is 0.266. The van der Waals surface area contributed by atoms with Crippen molar-refractivity contribution in [2.75, 3.05) is 5.32 Å². The van der Waals surface area contributed by atoms with Crippen LogP contribution in [0.25, 0.3) is 22.0 Å². The normalized spacial score (nSPS) is 19.7. The molecule has 3 atom stereocenters. The number of carbonyl (C=O) groups excluding carboxylic acids is 3. The number of fused-ring (bicyclic) bond motifs is 2. The molecule has 4 aromatic rings. The third kappa shape index (κ3) is 4.69. The molecule has 1 N–H and O–H groups in total. The van der Waals surface area contributed by atoms with Crippen LogP contribution < -0.4 is 5.32 Å². The number of hydrogen-bond donors (Lipinski definition) is 1. The summed E-state index contributed by atoms with van der Waals surface area (Å²) in [4.78, 5) is 53.2. The van der Waals surface area contributed by atoms with Crippen molar-refractivity contribution >= 4 is 50.2 Å². The average molecular weight is 592 g/mol. The maximum absolute atomic E-state index is 13.6. The molecule has 0 spiro atoms. The van der Waals surface area contributed by atoms with E-state index in [1.807, 2.05) is 18.2 Å². The van der Waals surface area contributed by atoms with Crippen LogP contribution in [0.3, 0.4) is 0 Å². The number of rotatable bonds is 6. The van der Waals surface area contributed by atoms with Gasteiger partial charge in [0, 0.05) is 36.3 Å². The van der Waals surface area contributed by atoms with E-state index in [4.69, 9.17) is 0 Å².